The second kappa shape index (κ2) is 8.08. The Balaban J connectivity index is 1.65. The number of nitrogens with zero attached hydrogens (tertiary/aromatic N) is 2. The zero-order valence-corrected chi connectivity index (χ0v) is 16.2. The third-order valence-electron chi connectivity index (χ3n) is 4.70. The SMILES string of the molecule is Cc1cccc(NC(=O)c2cnn3c2NC(C(=O)O)=C[C@@H]3/C=C/c2ccccc2)c1. The van der Waals surface area contributed by atoms with Gasteiger partial charge in [0.15, 0.2) is 0 Å². The Morgan fingerprint density at radius 2 is 1.97 bits per heavy atom. The van der Waals surface area contributed by atoms with Gasteiger partial charge in [-0.15, -0.1) is 0 Å². The zero-order valence-electron chi connectivity index (χ0n) is 16.2. The monoisotopic (exact) mass is 400 g/mol. The summed E-state index contributed by atoms with van der Waals surface area (Å²) in [6.07, 6.45) is 6.74. The summed E-state index contributed by atoms with van der Waals surface area (Å²) in [6, 6.07) is 16.7. The molecule has 30 heavy (non-hydrogen) atoms. The van der Waals surface area contributed by atoms with E-state index >= 15 is 0 Å². The van der Waals surface area contributed by atoms with Crippen molar-refractivity contribution in [3.8, 4) is 0 Å². The van der Waals surface area contributed by atoms with Crippen LogP contribution in [0.3, 0.4) is 0 Å². The first kappa shape index (κ1) is 19.2. The maximum atomic E-state index is 12.8. The molecule has 3 N–H and O–H groups in total. The molecule has 1 aliphatic rings. The van der Waals surface area contributed by atoms with Gasteiger partial charge in [-0.2, -0.15) is 5.10 Å². The number of carbonyl (C=O) groups is 2. The summed E-state index contributed by atoms with van der Waals surface area (Å²) in [5, 5.41) is 19.5. The topological polar surface area (TPSA) is 96.3 Å². The summed E-state index contributed by atoms with van der Waals surface area (Å²) < 4.78 is 1.59. The van der Waals surface area contributed by atoms with Crippen LogP contribution >= 0.6 is 0 Å². The minimum atomic E-state index is -1.11. The highest BCUT2D eigenvalue weighted by molar-refractivity contribution is 6.08. The maximum absolute atomic E-state index is 12.8. The number of hydrogen-bond acceptors (Lipinski definition) is 4. The maximum Gasteiger partial charge on any atom is 0.352 e. The molecule has 0 saturated heterocycles. The van der Waals surface area contributed by atoms with Crippen LogP contribution in [0.5, 0.6) is 0 Å². The number of aromatic nitrogens is 2. The molecule has 4 rings (SSSR count). The van der Waals surface area contributed by atoms with E-state index in [0.29, 0.717) is 11.5 Å². The molecule has 2 aromatic carbocycles. The van der Waals surface area contributed by atoms with Crippen molar-refractivity contribution in [2.45, 2.75) is 13.0 Å². The number of aliphatic carboxylic acids is 1. The Hall–Kier alpha value is -4.13. The van der Waals surface area contributed by atoms with Gasteiger partial charge in [-0.05, 0) is 36.3 Å². The van der Waals surface area contributed by atoms with Gasteiger partial charge >= 0.3 is 5.97 Å². The van der Waals surface area contributed by atoms with E-state index in [4.69, 9.17) is 0 Å². The number of anilines is 2. The van der Waals surface area contributed by atoms with E-state index in [1.54, 1.807) is 16.8 Å². The fraction of sp³-hybridized carbons (Fsp3) is 0.0870. The van der Waals surface area contributed by atoms with Gasteiger partial charge in [0.2, 0.25) is 0 Å². The van der Waals surface area contributed by atoms with E-state index < -0.39 is 12.0 Å². The predicted molar refractivity (Wildman–Crippen MR) is 115 cm³/mol. The molecule has 1 amide bonds. The van der Waals surface area contributed by atoms with Crippen LogP contribution in [0.25, 0.3) is 6.08 Å². The highest BCUT2D eigenvalue weighted by Crippen LogP contribution is 2.29. The summed E-state index contributed by atoms with van der Waals surface area (Å²) in [6.45, 7) is 1.94. The second-order valence-electron chi connectivity index (χ2n) is 6.95. The number of allylic oxidation sites excluding steroid dienone is 2. The fourth-order valence-corrected chi connectivity index (χ4v) is 3.25. The van der Waals surface area contributed by atoms with Gasteiger partial charge in [-0.25, -0.2) is 9.48 Å². The van der Waals surface area contributed by atoms with Crippen LogP contribution in [0.15, 0.2) is 78.6 Å². The summed E-state index contributed by atoms with van der Waals surface area (Å²) in [5.41, 5.74) is 2.92. The Kier molecular flexibility index (Phi) is 5.17. The van der Waals surface area contributed by atoms with E-state index in [2.05, 4.69) is 15.7 Å². The lowest BCUT2D eigenvalue weighted by Gasteiger charge is -2.22. The number of amides is 1. The second-order valence-corrected chi connectivity index (χ2v) is 6.95. The molecule has 1 aromatic heterocycles. The van der Waals surface area contributed by atoms with Crippen molar-refractivity contribution in [2.75, 3.05) is 10.6 Å². The molecule has 0 radical (unpaired) electrons. The smallest absolute Gasteiger partial charge is 0.352 e. The Bertz CT molecular complexity index is 1160. The van der Waals surface area contributed by atoms with E-state index in [-0.39, 0.29) is 17.2 Å². The molecule has 0 fully saturated rings. The van der Waals surface area contributed by atoms with Gasteiger partial charge in [0.05, 0.1) is 12.2 Å². The third-order valence-corrected chi connectivity index (χ3v) is 4.70. The third kappa shape index (κ3) is 4.00. The Morgan fingerprint density at radius 1 is 1.17 bits per heavy atom. The van der Waals surface area contributed by atoms with Crippen LogP contribution in [0.4, 0.5) is 11.5 Å². The van der Waals surface area contributed by atoms with Crippen LogP contribution in [0.1, 0.15) is 27.5 Å². The molecule has 1 aliphatic heterocycles. The van der Waals surface area contributed by atoms with Gasteiger partial charge in [0.1, 0.15) is 17.1 Å². The number of hydrogen-bond donors (Lipinski definition) is 3. The van der Waals surface area contributed by atoms with Gasteiger partial charge in [0, 0.05) is 5.69 Å². The lowest BCUT2D eigenvalue weighted by molar-refractivity contribution is -0.132. The molecule has 2 heterocycles. The summed E-state index contributed by atoms with van der Waals surface area (Å²) in [5.74, 6) is -1.14. The first-order chi connectivity index (χ1) is 14.5. The van der Waals surface area contributed by atoms with Gasteiger partial charge in [-0.1, -0.05) is 54.6 Å². The highest BCUT2D eigenvalue weighted by atomic mass is 16.4. The predicted octanol–water partition coefficient (Wildman–Crippen LogP) is 4.09. The van der Waals surface area contributed by atoms with Crippen molar-refractivity contribution in [1.82, 2.24) is 9.78 Å². The van der Waals surface area contributed by atoms with Gasteiger partial charge in [-0.3, -0.25) is 4.79 Å². The lowest BCUT2D eigenvalue weighted by Crippen LogP contribution is -2.24. The van der Waals surface area contributed by atoms with Crippen molar-refractivity contribution in [2.24, 2.45) is 0 Å². The molecule has 0 bridgehead atoms. The van der Waals surface area contributed by atoms with Crippen molar-refractivity contribution in [3.63, 3.8) is 0 Å². The number of carboxylic acids is 1. The van der Waals surface area contributed by atoms with Crippen LogP contribution in [0, 0.1) is 6.92 Å². The first-order valence-corrected chi connectivity index (χ1v) is 9.42. The molecule has 1 atom stereocenters. The largest absolute Gasteiger partial charge is 0.477 e. The van der Waals surface area contributed by atoms with Crippen molar-refractivity contribution >= 4 is 29.5 Å². The molecular formula is C23H20N4O3. The average Bonchev–Trinajstić information content (AvgIpc) is 3.17. The standard InChI is InChI=1S/C23H20N4O3/c1-15-6-5-9-17(12-15)25-22(28)19-14-24-27-18(11-10-16-7-3-2-4-8-16)13-20(23(29)30)26-21(19)27/h2-14,18,26H,1H3,(H,25,28)(H,29,30)/b11-10+/t18-/m0/s1. The summed E-state index contributed by atoms with van der Waals surface area (Å²) >= 11 is 0. The van der Waals surface area contributed by atoms with E-state index in [1.807, 2.05) is 67.6 Å². The van der Waals surface area contributed by atoms with Crippen molar-refractivity contribution in [1.29, 1.82) is 0 Å². The molecular weight excluding hydrogens is 380 g/mol. The molecule has 7 nitrogen and oxygen atoms in total. The zero-order chi connectivity index (χ0) is 21.1. The minimum Gasteiger partial charge on any atom is -0.477 e. The number of aryl methyl sites for hydroxylation is 1. The first-order valence-electron chi connectivity index (χ1n) is 9.42. The van der Waals surface area contributed by atoms with Crippen molar-refractivity contribution in [3.05, 3.63) is 95.3 Å². The summed E-state index contributed by atoms with van der Waals surface area (Å²) in [7, 11) is 0. The van der Waals surface area contributed by atoms with Crippen LogP contribution in [-0.4, -0.2) is 26.8 Å². The number of fused-ring (bicyclic) bond motifs is 1. The van der Waals surface area contributed by atoms with Gasteiger partial charge < -0.3 is 15.7 Å². The molecule has 0 saturated carbocycles. The fourth-order valence-electron chi connectivity index (χ4n) is 3.25. The van der Waals surface area contributed by atoms with Gasteiger partial charge in [0.25, 0.3) is 5.91 Å². The normalized spacial score (nSPS) is 15.2. The molecule has 0 aliphatic carbocycles. The average molecular weight is 400 g/mol. The number of carboxylic acid groups (broad SMARTS) is 1. The van der Waals surface area contributed by atoms with Crippen LogP contribution in [0.2, 0.25) is 0 Å². The molecule has 3 aromatic rings. The van der Waals surface area contributed by atoms with Crippen LogP contribution in [-0.2, 0) is 4.79 Å². The van der Waals surface area contributed by atoms with E-state index in [0.717, 1.165) is 11.1 Å². The molecule has 0 unspecified atom stereocenters. The molecule has 150 valence electrons. The number of benzene rings is 2. The number of carbonyl (C=O) groups excluding carboxylic acids is 1. The minimum absolute atomic E-state index is 0.00434. The number of nitrogens with one attached hydrogen (secondary N) is 2. The van der Waals surface area contributed by atoms with E-state index in [9.17, 15) is 14.7 Å². The molecule has 7 heteroatoms. The van der Waals surface area contributed by atoms with E-state index in [1.165, 1.54) is 6.20 Å². The molecule has 0 spiro atoms. The Morgan fingerprint density at radius 3 is 2.70 bits per heavy atom. The van der Waals surface area contributed by atoms with Crippen LogP contribution < -0.4 is 10.6 Å². The quantitative estimate of drug-likeness (QED) is 0.599. The highest BCUT2D eigenvalue weighted by Gasteiger charge is 2.27. The lowest BCUT2D eigenvalue weighted by atomic mass is 10.1. The summed E-state index contributed by atoms with van der Waals surface area (Å²) in [4.78, 5) is 24.5. The van der Waals surface area contributed by atoms with Crippen molar-refractivity contribution < 1.29 is 14.7 Å². The Labute approximate surface area is 173 Å². The number of rotatable bonds is 5.